The molecular formula is C24H29FN2O3. The summed E-state index contributed by atoms with van der Waals surface area (Å²) in [5.41, 5.74) is 0.934. The van der Waals surface area contributed by atoms with Gasteiger partial charge in [0.2, 0.25) is 0 Å². The fraction of sp³-hybridized carbons (Fsp3) is 0.458. The zero-order valence-electron chi connectivity index (χ0n) is 17.4. The van der Waals surface area contributed by atoms with E-state index in [1.54, 1.807) is 12.0 Å². The maximum Gasteiger partial charge on any atom is 0.410 e. The molecule has 4 rings (SSSR count). The average molecular weight is 413 g/mol. The molecule has 1 amide bonds. The van der Waals surface area contributed by atoms with Crippen LogP contribution in [0.4, 0.5) is 9.18 Å². The van der Waals surface area contributed by atoms with Crippen LogP contribution in [-0.4, -0.2) is 49.4 Å². The minimum absolute atomic E-state index is 0.243. The van der Waals surface area contributed by atoms with Crippen molar-refractivity contribution in [3.63, 3.8) is 0 Å². The Morgan fingerprint density at radius 3 is 2.50 bits per heavy atom. The molecule has 6 heteroatoms. The van der Waals surface area contributed by atoms with Crippen molar-refractivity contribution < 1.29 is 18.7 Å². The highest BCUT2D eigenvalue weighted by Gasteiger charge is 2.42. The molecule has 0 radical (unpaired) electrons. The second-order valence-corrected chi connectivity index (χ2v) is 8.28. The summed E-state index contributed by atoms with van der Waals surface area (Å²) in [5.74, 6) is 1.29. The van der Waals surface area contributed by atoms with E-state index in [1.807, 2.05) is 42.5 Å². The van der Waals surface area contributed by atoms with Gasteiger partial charge in [0, 0.05) is 44.4 Å². The number of carbonyl (C=O) groups excluding carboxylic acids is 1. The summed E-state index contributed by atoms with van der Waals surface area (Å²) in [4.78, 5) is 13.9. The molecule has 2 atom stereocenters. The van der Waals surface area contributed by atoms with E-state index in [0.717, 1.165) is 17.7 Å². The topological polar surface area (TPSA) is 50.8 Å². The molecule has 1 saturated heterocycles. The van der Waals surface area contributed by atoms with Gasteiger partial charge in [0.1, 0.15) is 18.0 Å². The lowest BCUT2D eigenvalue weighted by Gasteiger charge is -2.36. The van der Waals surface area contributed by atoms with Gasteiger partial charge in [-0.25, -0.2) is 9.18 Å². The number of halogens is 1. The number of alkyl halides is 1. The van der Waals surface area contributed by atoms with E-state index in [2.05, 4.69) is 17.4 Å². The van der Waals surface area contributed by atoms with Gasteiger partial charge in [-0.05, 0) is 29.7 Å². The van der Waals surface area contributed by atoms with Gasteiger partial charge in [-0.2, -0.15) is 0 Å². The molecular weight excluding hydrogens is 383 g/mol. The standard InChI is InChI=1S/C24H29FN2O3/c1-29-20-9-7-19(8-10-20)21-15-22(21)26-17-24(25)11-13-27(14-12-24)23(28)30-16-18-5-3-2-4-6-18/h2-10,21-22,26H,11-17H2,1H3. The number of nitrogens with one attached hydrogen (secondary N) is 1. The van der Waals surface area contributed by atoms with E-state index in [1.165, 1.54) is 5.56 Å². The zero-order valence-corrected chi connectivity index (χ0v) is 17.4. The Morgan fingerprint density at radius 2 is 1.83 bits per heavy atom. The number of methoxy groups -OCH3 is 1. The van der Waals surface area contributed by atoms with Crippen LogP contribution in [0.15, 0.2) is 54.6 Å². The predicted molar refractivity (Wildman–Crippen MR) is 113 cm³/mol. The summed E-state index contributed by atoms with van der Waals surface area (Å²) in [6.07, 6.45) is 1.33. The van der Waals surface area contributed by atoms with Gasteiger partial charge in [-0.1, -0.05) is 42.5 Å². The van der Waals surface area contributed by atoms with E-state index in [0.29, 0.717) is 44.4 Å². The predicted octanol–water partition coefficient (Wildman–Crippen LogP) is 4.28. The number of rotatable bonds is 7. The van der Waals surface area contributed by atoms with Crippen LogP contribution in [0.2, 0.25) is 0 Å². The molecule has 1 saturated carbocycles. The second kappa shape index (κ2) is 9.04. The van der Waals surface area contributed by atoms with Crippen LogP contribution in [-0.2, 0) is 11.3 Å². The molecule has 0 spiro atoms. The van der Waals surface area contributed by atoms with Crippen LogP contribution in [0.1, 0.15) is 36.3 Å². The number of nitrogens with zero attached hydrogens (tertiary/aromatic N) is 1. The minimum Gasteiger partial charge on any atom is -0.497 e. The number of amides is 1. The lowest BCUT2D eigenvalue weighted by Crippen LogP contribution is -2.49. The van der Waals surface area contributed by atoms with Gasteiger partial charge in [0.15, 0.2) is 0 Å². The summed E-state index contributed by atoms with van der Waals surface area (Å²) in [6.45, 7) is 1.35. The molecule has 1 aliphatic heterocycles. The normalized spacial score (nSPS) is 22.4. The largest absolute Gasteiger partial charge is 0.497 e. The van der Waals surface area contributed by atoms with E-state index >= 15 is 4.39 Å². The van der Waals surface area contributed by atoms with E-state index in [4.69, 9.17) is 9.47 Å². The van der Waals surface area contributed by atoms with Crippen molar-refractivity contribution >= 4 is 6.09 Å². The maximum atomic E-state index is 15.2. The highest BCUT2D eigenvalue weighted by molar-refractivity contribution is 5.67. The van der Waals surface area contributed by atoms with Crippen molar-refractivity contribution in [2.24, 2.45) is 0 Å². The summed E-state index contributed by atoms with van der Waals surface area (Å²) in [7, 11) is 1.66. The van der Waals surface area contributed by atoms with Crippen molar-refractivity contribution in [3.8, 4) is 5.75 Å². The molecule has 1 heterocycles. The fourth-order valence-electron chi connectivity index (χ4n) is 4.03. The fourth-order valence-corrected chi connectivity index (χ4v) is 4.03. The first-order chi connectivity index (χ1) is 14.6. The number of likely N-dealkylation sites (tertiary alicyclic amines) is 1. The van der Waals surface area contributed by atoms with Gasteiger partial charge in [-0.3, -0.25) is 0 Å². The van der Waals surface area contributed by atoms with Gasteiger partial charge in [0.05, 0.1) is 7.11 Å². The SMILES string of the molecule is COc1ccc(C2CC2NCC2(F)CCN(C(=O)OCc3ccccc3)CC2)cc1. The van der Waals surface area contributed by atoms with E-state index < -0.39 is 5.67 Å². The molecule has 1 aliphatic carbocycles. The highest BCUT2D eigenvalue weighted by Crippen LogP contribution is 2.41. The highest BCUT2D eigenvalue weighted by atomic mass is 19.1. The first-order valence-corrected chi connectivity index (χ1v) is 10.6. The third kappa shape index (κ3) is 5.11. The van der Waals surface area contributed by atoms with Crippen molar-refractivity contribution in [3.05, 3.63) is 65.7 Å². The summed E-state index contributed by atoms with van der Waals surface area (Å²) in [6, 6.07) is 18.0. The maximum absolute atomic E-state index is 15.2. The van der Waals surface area contributed by atoms with Crippen LogP contribution < -0.4 is 10.1 Å². The molecule has 160 valence electrons. The van der Waals surface area contributed by atoms with Crippen LogP contribution in [0.3, 0.4) is 0 Å². The summed E-state index contributed by atoms with van der Waals surface area (Å²) in [5, 5.41) is 3.39. The Bertz CT molecular complexity index is 835. The molecule has 2 unspecified atom stereocenters. The number of piperidine rings is 1. The number of carbonyl (C=O) groups is 1. The third-order valence-electron chi connectivity index (χ3n) is 6.14. The molecule has 2 aromatic rings. The van der Waals surface area contributed by atoms with Gasteiger partial charge in [-0.15, -0.1) is 0 Å². The quantitative estimate of drug-likeness (QED) is 0.738. The molecule has 30 heavy (non-hydrogen) atoms. The zero-order chi connectivity index (χ0) is 21.0. The van der Waals surface area contributed by atoms with Crippen LogP contribution in [0.5, 0.6) is 5.75 Å². The van der Waals surface area contributed by atoms with Crippen LogP contribution in [0.25, 0.3) is 0 Å². The Hall–Kier alpha value is -2.60. The van der Waals surface area contributed by atoms with Gasteiger partial charge < -0.3 is 19.7 Å². The van der Waals surface area contributed by atoms with Crippen molar-refractivity contribution in [2.75, 3.05) is 26.7 Å². The monoisotopic (exact) mass is 412 g/mol. The smallest absolute Gasteiger partial charge is 0.410 e. The molecule has 1 N–H and O–H groups in total. The molecule has 0 bridgehead atoms. The summed E-state index contributed by atoms with van der Waals surface area (Å²) < 4.78 is 25.8. The Balaban J connectivity index is 1.18. The number of hydrogen-bond acceptors (Lipinski definition) is 4. The molecule has 0 aromatic heterocycles. The first-order valence-electron chi connectivity index (χ1n) is 10.6. The molecule has 2 aromatic carbocycles. The Labute approximate surface area is 177 Å². The van der Waals surface area contributed by atoms with Crippen molar-refractivity contribution in [1.82, 2.24) is 10.2 Å². The van der Waals surface area contributed by atoms with Crippen LogP contribution in [0, 0.1) is 0 Å². The minimum atomic E-state index is -1.27. The molecule has 5 nitrogen and oxygen atoms in total. The van der Waals surface area contributed by atoms with Gasteiger partial charge in [0.25, 0.3) is 0 Å². The van der Waals surface area contributed by atoms with E-state index in [-0.39, 0.29) is 12.7 Å². The van der Waals surface area contributed by atoms with E-state index in [9.17, 15) is 4.79 Å². The summed E-state index contributed by atoms with van der Waals surface area (Å²) >= 11 is 0. The second-order valence-electron chi connectivity index (χ2n) is 8.28. The lowest BCUT2D eigenvalue weighted by molar-refractivity contribution is 0.0408. The lowest BCUT2D eigenvalue weighted by atomic mass is 9.93. The third-order valence-corrected chi connectivity index (χ3v) is 6.14. The molecule has 2 aliphatic rings. The average Bonchev–Trinajstić information content (AvgIpc) is 3.57. The Morgan fingerprint density at radius 1 is 1.13 bits per heavy atom. The molecule has 2 fully saturated rings. The Kier molecular flexibility index (Phi) is 6.23. The van der Waals surface area contributed by atoms with Crippen molar-refractivity contribution in [1.29, 1.82) is 0 Å². The number of ether oxygens (including phenoxy) is 2. The first kappa shape index (κ1) is 20.7. The van der Waals surface area contributed by atoms with Crippen LogP contribution >= 0.6 is 0 Å². The number of benzene rings is 2. The number of hydrogen-bond donors (Lipinski definition) is 1. The van der Waals surface area contributed by atoms with Crippen molar-refractivity contribution in [2.45, 2.75) is 43.5 Å². The van der Waals surface area contributed by atoms with Gasteiger partial charge >= 0.3 is 6.09 Å².